The highest BCUT2D eigenvalue weighted by Crippen LogP contribution is 2.26. The minimum atomic E-state index is -0.266. The summed E-state index contributed by atoms with van der Waals surface area (Å²) in [5.41, 5.74) is 3.34. The second-order valence-electron chi connectivity index (χ2n) is 4.62. The fraction of sp³-hybridized carbons (Fsp3) is 0.133. The number of rotatable bonds is 2. The van der Waals surface area contributed by atoms with Gasteiger partial charge in [-0.05, 0) is 48.9 Å². The van der Waals surface area contributed by atoms with Gasteiger partial charge in [-0.15, -0.1) is 11.6 Å². The van der Waals surface area contributed by atoms with Crippen LogP contribution in [0.25, 0.3) is 16.7 Å². The molecule has 0 N–H and O–H groups in total. The predicted molar refractivity (Wildman–Crippen MR) is 83.0 cm³/mol. The third kappa shape index (κ3) is 2.34. The first-order chi connectivity index (χ1) is 9.58. The van der Waals surface area contributed by atoms with Gasteiger partial charge in [0.1, 0.15) is 11.6 Å². The Labute approximate surface area is 129 Å². The van der Waals surface area contributed by atoms with Crippen LogP contribution in [0, 0.1) is 12.7 Å². The number of aryl methyl sites for hydroxylation is 1. The van der Waals surface area contributed by atoms with Gasteiger partial charge in [0.2, 0.25) is 0 Å². The maximum absolute atomic E-state index is 13.7. The van der Waals surface area contributed by atoms with Gasteiger partial charge in [0.25, 0.3) is 0 Å². The average molecular weight is 354 g/mol. The summed E-state index contributed by atoms with van der Waals surface area (Å²) in [5, 5.41) is 0. The van der Waals surface area contributed by atoms with Gasteiger partial charge in [-0.2, -0.15) is 0 Å². The maximum atomic E-state index is 13.7. The van der Waals surface area contributed by atoms with Crippen LogP contribution in [0.1, 0.15) is 11.4 Å². The quantitative estimate of drug-likeness (QED) is 0.594. The topological polar surface area (TPSA) is 17.8 Å². The average Bonchev–Trinajstić information content (AvgIpc) is 2.75. The van der Waals surface area contributed by atoms with Gasteiger partial charge in [-0.25, -0.2) is 9.37 Å². The van der Waals surface area contributed by atoms with Gasteiger partial charge in [-0.1, -0.05) is 15.9 Å². The molecule has 3 aromatic rings. The maximum Gasteiger partial charge on any atom is 0.129 e. The lowest BCUT2D eigenvalue weighted by Gasteiger charge is -2.09. The molecule has 0 atom stereocenters. The van der Waals surface area contributed by atoms with Crippen LogP contribution in [0.3, 0.4) is 0 Å². The van der Waals surface area contributed by atoms with Gasteiger partial charge in [0.15, 0.2) is 0 Å². The molecule has 0 aliphatic heterocycles. The molecule has 102 valence electrons. The predicted octanol–water partition coefficient (Wildman–Crippen LogP) is 4.97. The third-order valence-corrected chi connectivity index (χ3v) is 3.82. The Morgan fingerprint density at radius 3 is 2.75 bits per heavy atom. The van der Waals surface area contributed by atoms with Crippen LogP contribution in [-0.2, 0) is 5.88 Å². The summed E-state index contributed by atoms with van der Waals surface area (Å²) < 4.78 is 16.5. The second-order valence-corrected chi connectivity index (χ2v) is 5.80. The lowest BCUT2D eigenvalue weighted by Crippen LogP contribution is -2.00. The van der Waals surface area contributed by atoms with Crippen LogP contribution >= 0.6 is 27.5 Å². The molecule has 0 bridgehead atoms. The van der Waals surface area contributed by atoms with Crippen molar-refractivity contribution < 1.29 is 4.39 Å². The van der Waals surface area contributed by atoms with E-state index in [1.807, 2.05) is 35.8 Å². The van der Waals surface area contributed by atoms with E-state index in [4.69, 9.17) is 11.6 Å². The molecule has 0 spiro atoms. The Morgan fingerprint density at radius 2 is 2.05 bits per heavy atom. The largest absolute Gasteiger partial charge is 0.295 e. The van der Waals surface area contributed by atoms with E-state index in [1.165, 1.54) is 12.1 Å². The first-order valence-corrected chi connectivity index (χ1v) is 7.41. The van der Waals surface area contributed by atoms with Crippen LogP contribution in [0.2, 0.25) is 0 Å². The number of nitrogens with zero attached hydrogens (tertiary/aromatic N) is 2. The first-order valence-electron chi connectivity index (χ1n) is 6.09. The molecule has 0 aliphatic rings. The summed E-state index contributed by atoms with van der Waals surface area (Å²) in [6.45, 7) is 1.86. The molecule has 0 fully saturated rings. The van der Waals surface area contributed by atoms with Crippen LogP contribution in [-0.4, -0.2) is 9.55 Å². The van der Waals surface area contributed by atoms with Crippen molar-refractivity contribution >= 4 is 38.6 Å². The third-order valence-electron chi connectivity index (χ3n) is 3.09. The minimum absolute atomic E-state index is 0.266. The van der Waals surface area contributed by atoms with Crippen molar-refractivity contribution in [2.24, 2.45) is 0 Å². The van der Waals surface area contributed by atoms with E-state index < -0.39 is 0 Å². The van der Waals surface area contributed by atoms with Crippen LogP contribution in [0.15, 0.2) is 40.9 Å². The highest BCUT2D eigenvalue weighted by molar-refractivity contribution is 9.10. The molecular formula is C15H11BrClFN2. The Hall–Kier alpha value is -1.39. The van der Waals surface area contributed by atoms with Gasteiger partial charge < -0.3 is 0 Å². The molecule has 0 saturated carbocycles. The Kier molecular flexibility index (Phi) is 3.52. The zero-order valence-electron chi connectivity index (χ0n) is 10.7. The number of fused-ring (bicyclic) bond motifs is 1. The van der Waals surface area contributed by atoms with Gasteiger partial charge in [0, 0.05) is 4.47 Å². The van der Waals surface area contributed by atoms with Crippen molar-refractivity contribution in [3.8, 4) is 5.69 Å². The Bertz CT molecular complexity index is 778. The molecular weight excluding hydrogens is 343 g/mol. The smallest absolute Gasteiger partial charge is 0.129 e. The van der Waals surface area contributed by atoms with Crippen molar-refractivity contribution in [2.75, 3.05) is 0 Å². The van der Waals surface area contributed by atoms with E-state index >= 15 is 0 Å². The van der Waals surface area contributed by atoms with Crippen LogP contribution in [0.5, 0.6) is 0 Å². The molecule has 0 radical (unpaired) electrons. The molecule has 1 heterocycles. The van der Waals surface area contributed by atoms with Crippen molar-refractivity contribution in [3.05, 3.63) is 58.1 Å². The fourth-order valence-corrected chi connectivity index (χ4v) is 2.85. The SMILES string of the molecule is Cc1cc(F)cc(-n2c(CCl)nc3ccc(Br)cc32)c1. The normalized spacial score (nSPS) is 11.2. The summed E-state index contributed by atoms with van der Waals surface area (Å²) >= 11 is 9.44. The van der Waals surface area contributed by atoms with Crippen LogP contribution < -0.4 is 0 Å². The van der Waals surface area contributed by atoms with E-state index in [2.05, 4.69) is 20.9 Å². The number of benzene rings is 2. The number of hydrogen-bond donors (Lipinski definition) is 0. The standard InChI is InChI=1S/C15H11BrClFN2/c1-9-4-11(18)7-12(5-9)20-14-6-10(16)2-3-13(14)19-15(20)8-17/h2-7H,8H2,1H3. The second kappa shape index (κ2) is 5.19. The number of aromatic nitrogens is 2. The summed E-state index contributed by atoms with van der Waals surface area (Å²) in [6, 6.07) is 10.7. The molecule has 0 amide bonds. The summed E-state index contributed by atoms with van der Waals surface area (Å²) in [5.74, 6) is 0.698. The summed E-state index contributed by atoms with van der Waals surface area (Å²) in [7, 11) is 0. The van der Waals surface area contributed by atoms with E-state index in [1.54, 1.807) is 0 Å². The van der Waals surface area contributed by atoms with E-state index in [0.29, 0.717) is 5.82 Å². The van der Waals surface area contributed by atoms with Gasteiger partial charge in [0.05, 0.1) is 22.6 Å². The molecule has 20 heavy (non-hydrogen) atoms. The highest BCUT2D eigenvalue weighted by Gasteiger charge is 2.13. The lowest BCUT2D eigenvalue weighted by atomic mass is 10.2. The molecule has 5 heteroatoms. The first kappa shape index (κ1) is 13.6. The molecule has 0 aliphatic carbocycles. The van der Waals surface area contributed by atoms with E-state index in [0.717, 1.165) is 26.8 Å². The molecule has 0 unspecified atom stereocenters. The van der Waals surface area contributed by atoms with Crippen molar-refractivity contribution in [3.63, 3.8) is 0 Å². The zero-order chi connectivity index (χ0) is 14.3. The highest BCUT2D eigenvalue weighted by atomic mass is 79.9. The Morgan fingerprint density at radius 1 is 1.25 bits per heavy atom. The summed E-state index contributed by atoms with van der Waals surface area (Å²) in [6.07, 6.45) is 0. The monoisotopic (exact) mass is 352 g/mol. The zero-order valence-corrected chi connectivity index (χ0v) is 13.0. The number of halogens is 3. The summed E-state index contributed by atoms with van der Waals surface area (Å²) in [4.78, 5) is 4.50. The van der Waals surface area contributed by atoms with E-state index in [-0.39, 0.29) is 11.7 Å². The van der Waals surface area contributed by atoms with Crippen molar-refractivity contribution in [1.82, 2.24) is 9.55 Å². The van der Waals surface area contributed by atoms with E-state index in [9.17, 15) is 4.39 Å². The lowest BCUT2D eigenvalue weighted by molar-refractivity contribution is 0.625. The molecule has 3 rings (SSSR count). The fourth-order valence-electron chi connectivity index (χ4n) is 2.32. The van der Waals surface area contributed by atoms with Crippen molar-refractivity contribution in [1.29, 1.82) is 0 Å². The minimum Gasteiger partial charge on any atom is -0.295 e. The molecule has 0 saturated heterocycles. The molecule has 2 nitrogen and oxygen atoms in total. The number of alkyl halides is 1. The van der Waals surface area contributed by atoms with Gasteiger partial charge >= 0.3 is 0 Å². The molecule has 1 aromatic heterocycles. The Balaban J connectivity index is 2.35. The van der Waals surface area contributed by atoms with Crippen molar-refractivity contribution in [2.45, 2.75) is 12.8 Å². The number of imidazole rings is 1. The van der Waals surface area contributed by atoms with Crippen LogP contribution in [0.4, 0.5) is 4.39 Å². The molecule has 2 aromatic carbocycles. The number of hydrogen-bond acceptors (Lipinski definition) is 1. The van der Waals surface area contributed by atoms with Gasteiger partial charge in [-0.3, -0.25) is 4.57 Å².